The van der Waals surface area contributed by atoms with E-state index in [4.69, 9.17) is 10.00 Å². The molecule has 4 nitrogen and oxygen atoms in total. The van der Waals surface area contributed by atoms with E-state index in [9.17, 15) is 9.18 Å². The van der Waals surface area contributed by atoms with Crippen LogP contribution in [0.25, 0.3) is 0 Å². The standard InChI is InChI=1S/C11H9FN2O2/c12-9-3-1-2-4-10(9)14-8(7-13)5-6-16-11(14)15/h1-4,8H,5-6H2. The Morgan fingerprint density at radius 2 is 2.25 bits per heavy atom. The van der Waals surface area contributed by atoms with Crippen LogP contribution in [0, 0.1) is 17.1 Å². The molecule has 0 radical (unpaired) electrons. The Hall–Kier alpha value is -2.09. The molecule has 1 aliphatic heterocycles. The normalized spacial score (nSPS) is 20.1. The third kappa shape index (κ3) is 1.70. The lowest BCUT2D eigenvalue weighted by Gasteiger charge is -2.30. The molecule has 5 heteroatoms. The van der Waals surface area contributed by atoms with Crippen molar-refractivity contribution in [2.45, 2.75) is 12.5 Å². The smallest absolute Gasteiger partial charge is 0.415 e. The van der Waals surface area contributed by atoms with Gasteiger partial charge in [-0.05, 0) is 12.1 Å². The number of amides is 1. The Kier molecular flexibility index (Phi) is 2.73. The predicted octanol–water partition coefficient (Wildman–Crippen LogP) is 2.06. The average molecular weight is 220 g/mol. The van der Waals surface area contributed by atoms with E-state index < -0.39 is 18.0 Å². The second-order valence-electron chi connectivity index (χ2n) is 3.37. The summed E-state index contributed by atoms with van der Waals surface area (Å²) < 4.78 is 18.3. The number of cyclic esters (lactones) is 1. The number of hydrogen-bond donors (Lipinski definition) is 0. The van der Waals surface area contributed by atoms with Crippen molar-refractivity contribution in [2.75, 3.05) is 11.5 Å². The minimum atomic E-state index is -0.678. The monoisotopic (exact) mass is 220 g/mol. The molecule has 0 aromatic heterocycles. The van der Waals surface area contributed by atoms with Crippen LogP contribution in [0.3, 0.4) is 0 Å². The Bertz CT molecular complexity index is 456. The van der Waals surface area contributed by atoms with E-state index in [0.717, 1.165) is 4.90 Å². The maximum Gasteiger partial charge on any atom is 0.415 e. The molecule has 1 atom stereocenters. The molecule has 0 aliphatic carbocycles. The lowest BCUT2D eigenvalue weighted by atomic mass is 10.1. The first-order chi connectivity index (χ1) is 7.74. The van der Waals surface area contributed by atoms with Gasteiger partial charge in [-0.2, -0.15) is 5.26 Å². The molecule has 82 valence electrons. The van der Waals surface area contributed by atoms with E-state index in [2.05, 4.69) is 0 Å². The van der Waals surface area contributed by atoms with Gasteiger partial charge in [-0.1, -0.05) is 12.1 Å². The number of nitrogens with zero attached hydrogens (tertiary/aromatic N) is 2. The van der Waals surface area contributed by atoms with Crippen LogP contribution in [0.4, 0.5) is 14.9 Å². The number of carbonyl (C=O) groups is 1. The SMILES string of the molecule is N#CC1CCOC(=O)N1c1ccccc1F. The highest BCUT2D eigenvalue weighted by Gasteiger charge is 2.32. The number of rotatable bonds is 1. The van der Waals surface area contributed by atoms with Crippen molar-refractivity contribution in [1.82, 2.24) is 0 Å². The van der Waals surface area contributed by atoms with Crippen LogP contribution in [-0.2, 0) is 4.74 Å². The highest BCUT2D eigenvalue weighted by molar-refractivity contribution is 5.89. The van der Waals surface area contributed by atoms with Gasteiger partial charge in [-0.25, -0.2) is 9.18 Å². The van der Waals surface area contributed by atoms with Crippen LogP contribution in [0.15, 0.2) is 24.3 Å². The van der Waals surface area contributed by atoms with E-state index in [-0.39, 0.29) is 12.3 Å². The topological polar surface area (TPSA) is 53.3 Å². The van der Waals surface area contributed by atoms with Crippen molar-refractivity contribution in [3.05, 3.63) is 30.1 Å². The van der Waals surface area contributed by atoms with Gasteiger partial charge in [0, 0.05) is 6.42 Å². The molecule has 1 fully saturated rings. The molecule has 0 spiro atoms. The minimum Gasteiger partial charge on any atom is -0.449 e. The number of para-hydroxylation sites is 1. The van der Waals surface area contributed by atoms with Crippen molar-refractivity contribution in [3.63, 3.8) is 0 Å². The number of benzene rings is 1. The molecule has 1 aromatic rings. The van der Waals surface area contributed by atoms with Crippen LogP contribution < -0.4 is 4.90 Å². The molecule has 0 bridgehead atoms. The number of nitriles is 1. The quantitative estimate of drug-likeness (QED) is 0.727. The van der Waals surface area contributed by atoms with Crippen molar-refractivity contribution in [3.8, 4) is 6.07 Å². The fraction of sp³-hybridized carbons (Fsp3) is 0.273. The van der Waals surface area contributed by atoms with Gasteiger partial charge in [0.05, 0.1) is 18.4 Å². The zero-order chi connectivity index (χ0) is 11.5. The van der Waals surface area contributed by atoms with E-state index in [1.54, 1.807) is 6.07 Å². The summed E-state index contributed by atoms with van der Waals surface area (Å²) in [5.74, 6) is -0.540. The molecule has 1 unspecified atom stereocenters. The third-order valence-corrected chi connectivity index (χ3v) is 2.39. The van der Waals surface area contributed by atoms with E-state index in [1.165, 1.54) is 18.2 Å². The summed E-state index contributed by atoms with van der Waals surface area (Å²) in [5, 5.41) is 8.91. The summed E-state index contributed by atoms with van der Waals surface area (Å²) in [6.45, 7) is 0.196. The molecule has 1 saturated heterocycles. The second-order valence-corrected chi connectivity index (χ2v) is 3.37. The first kappa shape index (κ1) is 10.4. The maximum atomic E-state index is 13.5. The van der Waals surface area contributed by atoms with Crippen molar-refractivity contribution in [2.24, 2.45) is 0 Å². The van der Waals surface area contributed by atoms with Crippen LogP contribution in [0.1, 0.15) is 6.42 Å². The van der Waals surface area contributed by atoms with Crippen LogP contribution in [-0.4, -0.2) is 18.7 Å². The van der Waals surface area contributed by atoms with Crippen molar-refractivity contribution < 1.29 is 13.9 Å². The second kappa shape index (κ2) is 4.19. The fourth-order valence-electron chi connectivity index (χ4n) is 1.62. The average Bonchev–Trinajstić information content (AvgIpc) is 2.30. The first-order valence-corrected chi connectivity index (χ1v) is 4.84. The van der Waals surface area contributed by atoms with Crippen molar-refractivity contribution >= 4 is 11.8 Å². The van der Waals surface area contributed by atoms with E-state index in [1.807, 2.05) is 6.07 Å². The fourth-order valence-corrected chi connectivity index (χ4v) is 1.62. The molecule has 1 heterocycles. The summed E-state index contributed by atoms with van der Waals surface area (Å²) >= 11 is 0. The highest BCUT2D eigenvalue weighted by Crippen LogP contribution is 2.25. The summed E-state index contributed by atoms with van der Waals surface area (Å²) in [4.78, 5) is 12.6. The van der Waals surface area contributed by atoms with E-state index in [0.29, 0.717) is 6.42 Å². The van der Waals surface area contributed by atoms with Gasteiger partial charge in [-0.15, -0.1) is 0 Å². The van der Waals surface area contributed by atoms with Gasteiger partial charge in [-0.3, -0.25) is 4.90 Å². The largest absolute Gasteiger partial charge is 0.449 e. The number of ether oxygens (including phenoxy) is 1. The van der Waals surface area contributed by atoms with Gasteiger partial charge in [0.2, 0.25) is 0 Å². The number of carbonyl (C=O) groups excluding carboxylic acids is 1. The van der Waals surface area contributed by atoms with Crippen molar-refractivity contribution in [1.29, 1.82) is 5.26 Å². The number of halogens is 1. The molecule has 1 aliphatic rings. The maximum absolute atomic E-state index is 13.5. The first-order valence-electron chi connectivity index (χ1n) is 4.84. The number of anilines is 1. The Morgan fingerprint density at radius 3 is 2.94 bits per heavy atom. The van der Waals surface area contributed by atoms with E-state index >= 15 is 0 Å². The third-order valence-electron chi connectivity index (χ3n) is 2.39. The lowest BCUT2D eigenvalue weighted by molar-refractivity contribution is 0.134. The van der Waals surface area contributed by atoms with Gasteiger partial charge in [0.25, 0.3) is 0 Å². The summed E-state index contributed by atoms with van der Waals surface area (Å²) in [6, 6.07) is 7.12. The summed E-state index contributed by atoms with van der Waals surface area (Å²) in [5.41, 5.74) is 0.0822. The molecular weight excluding hydrogens is 211 g/mol. The summed E-state index contributed by atoms with van der Waals surface area (Å²) in [7, 11) is 0. The Morgan fingerprint density at radius 1 is 1.50 bits per heavy atom. The van der Waals surface area contributed by atoms with Gasteiger partial charge >= 0.3 is 6.09 Å². The zero-order valence-electron chi connectivity index (χ0n) is 8.39. The Balaban J connectivity index is 2.40. The van der Waals surface area contributed by atoms with Crippen LogP contribution in [0.5, 0.6) is 0 Å². The van der Waals surface area contributed by atoms with Gasteiger partial charge < -0.3 is 4.74 Å². The predicted molar refractivity (Wildman–Crippen MR) is 54.2 cm³/mol. The molecule has 2 rings (SSSR count). The molecule has 1 aromatic carbocycles. The van der Waals surface area contributed by atoms with Gasteiger partial charge in [0.15, 0.2) is 0 Å². The van der Waals surface area contributed by atoms with Gasteiger partial charge in [0.1, 0.15) is 11.9 Å². The molecular formula is C11H9FN2O2. The van der Waals surface area contributed by atoms with Crippen LogP contribution in [0.2, 0.25) is 0 Å². The minimum absolute atomic E-state index is 0.0822. The lowest BCUT2D eigenvalue weighted by Crippen LogP contribution is -2.45. The zero-order valence-corrected chi connectivity index (χ0v) is 8.39. The highest BCUT2D eigenvalue weighted by atomic mass is 19.1. The molecule has 0 N–H and O–H groups in total. The summed E-state index contributed by atoms with van der Waals surface area (Å²) in [6.07, 6.45) is -0.292. The molecule has 0 saturated carbocycles. The number of hydrogen-bond acceptors (Lipinski definition) is 3. The molecule has 1 amide bonds. The van der Waals surface area contributed by atoms with Crippen LogP contribution >= 0.6 is 0 Å². The molecule has 16 heavy (non-hydrogen) atoms. The Labute approximate surface area is 91.8 Å².